The van der Waals surface area contributed by atoms with Gasteiger partial charge >= 0.3 is 0 Å². The van der Waals surface area contributed by atoms with Crippen LogP contribution in [-0.2, 0) is 11.2 Å². The molecule has 1 heterocycles. The van der Waals surface area contributed by atoms with E-state index in [-0.39, 0.29) is 6.04 Å². The van der Waals surface area contributed by atoms with Crippen LogP contribution in [0, 0.1) is 0 Å². The number of hydrogen-bond acceptors (Lipinski definition) is 4. The number of nitrogens with two attached hydrogens (primary N) is 1. The minimum absolute atomic E-state index is 0.215. The molecule has 4 nitrogen and oxygen atoms in total. The molecule has 3 N–H and O–H groups in total. The van der Waals surface area contributed by atoms with Gasteiger partial charge in [0.05, 0.1) is 6.26 Å². The number of ether oxygens (including phenoxy) is 1. The Morgan fingerprint density at radius 1 is 1.64 bits per heavy atom. The number of hydrogen-bond donors (Lipinski definition) is 2. The van der Waals surface area contributed by atoms with Gasteiger partial charge in [0.2, 0.25) is 0 Å². The molecule has 1 aromatic rings. The minimum Gasteiger partial charge on any atom is -0.469 e. The average molecular weight is 198 g/mol. The lowest BCUT2D eigenvalue weighted by molar-refractivity contribution is 0.135. The Labute approximate surface area is 84.4 Å². The van der Waals surface area contributed by atoms with E-state index in [2.05, 4.69) is 5.43 Å². The maximum atomic E-state index is 5.42. The summed E-state index contributed by atoms with van der Waals surface area (Å²) in [5.41, 5.74) is 2.76. The van der Waals surface area contributed by atoms with Crippen LogP contribution in [0.3, 0.4) is 0 Å². The van der Waals surface area contributed by atoms with Gasteiger partial charge in [0.1, 0.15) is 5.76 Å². The molecule has 1 aromatic heterocycles. The van der Waals surface area contributed by atoms with Gasteiger partial charge < -0.3 is 9.15 Å². The largest absolute Gasteiger partial charge is 0.469 e. The Morgan fingerprint density at radius 3 is 3.07 bits per heavy atom. The van der Waals surface area contributed by atoms with Crippen molar-refractivity contribution in [2.24, 2.45) is 5.84 Å². The van der Waals surface area contributed by atoms with Crippen molar-refractivity contribution in [3.8, 4) is 0 Å². The highest BCUT2D eigenvalue weighted by molar-refractivity contribution is 5.00. The molecule has 80 valence electrons. The summed E-state index contributed by atoms with van der Waals surface area (Å²) in [6.45, 7) is 3.46. The van der Waals surface area contributed by atoms with Crippen LogP contribution < -0.4 is 11.3 Å². The highest BCUT2D eigenvalue weighted by Gasteiger charge is 2.08. The molecular formula is C10H18N2O2. The smallest absolute Gasteiger partial charge is 0.105 e. The first-order chi connectivity index (χ1) is 6.86. The van der Waals surface area contributed by atoms with Crippen LogP contribution >= 0.6 is 0 Å². The summed E-state index contributed by atoms with van der Waals surface area (Å²) in [5.74, 6) is 6.37. The Kier molecular flexibility index (Phi) is 5.29. The van der Waals surface area contributed by atoms with E-state index in [0.29, 0.717) is 0 Å². The van der Waals surface area contributed by atoms with Gasteiger partial charge in [0, 0.05) is 25.7 Å². The first-order valence-electron chi connectivity index (χ1n) is 4.93. The second-order valence-corrected chi connectivity index (χ2v) is 3.13. The third-order valence-electron chi connectivity index (χ3n) is 2.08. The number of hydrazine groups is 1. The summed E-state index contributed by atoms with van der Waals surface area (Å²) in [6, 6.07) is 4.05. The quantitative estimate of drug-likeness (QED) is 0.391. The van der Waals surface area contributed by atoms with Crippen molar-refractivity contribution in [1.29, 1.82) is 0 Å². The maximum absolute atomic E-state index is 5.42. The molecule has 0 aliphatic heterocycles. The van der Waals surface area contributed by atoms with Crippen molar-refractivity contribution in [2.45, 2.75) is 25.8 Å². The van der Waals surface area contributed by atoms with Crippen molar-refractivity contribution in [1.82, 2.24) is 5.43 Å². The SMILES string of the molecule is CCOCCC(Cc1ccco1)NN. The molecule has 0 radical (unpaired) electrons. The second kappa shape index (κ2) is 6.59. The molecule has 1 rings (SSSR count). The highest BCUT2D eigenvalue weighted by Crippen LogP contribution is 2.06. The van der Waals surface area contributed by atoms with Crippen molar-refractivity contribution in [3.63, 3.8) is 0 Å². The summed E-state index contributed by atoms with van der Waals surface area (Å²) in [7, 11) is 0. The molecule has 1 unspecified atom stereocenters. The van der Waals surface area contributed by atoms with Crippen molar-refractivity contribution in [3.05, 3.63) is 24.2 Å². The first-order valence-corrected chi connectivity index (χ1v) is 4.93. The lowest BCUT2D eigenvalue weighted by atomic mass is 10.1. The zero-order chi connectivity index (χ0) is 10.2. The van der Waals surface area contributed by atoms with Crippen LogP contribution in [0.4, 0.5) is 0 Å². The van der Waals surface area contributed by atoms with Gasteiger partial charge in [-0.1, -0.05) is 0 Å². The van der Waals surface area contributed by atoms with Crippen molar-refractivity contribution in [2.75, 3.05) is 13.2 Å². The lowest BCUT2D eigenvalue weighted by Gasteiger charge is -2.13. The maximum Gasteiger partial charge on any atom is 0.105 e. The van der Waals surface area contributed by atoms with Gasteiger partial charge in [0.15, 0.2) is 0 Å². The summed E-state index contributed by atoms with van der Waals surface area (Å²) >= 11 is 0. The fourth-order valence-corrected chi connectivity index (χ4v) is 1.29. The molecular weight excluding hydrogens is 180 g/mol. The van der Waals surface area contributed by atoms with Gasteiger partial charge in [-0.05, 0) is 25.5 Å². The van der Waals surface area contributed by atoms with Crippen molar-refractivity contribution >= 4 is 0 Å². The summed E-state index contributed by atoms with van der Waals surface area (Å²) in [4.78, 5) is 0. The van der Waals surface area contributed by atoms with E-state index in [1.54, 1.807) is 6.26 Å². The molecule has 0 saturated carbocycles. The van der Waals surface area contributed by atoms with Crippen LogP contribution in [0.1, 0.15) is 19.1 Å². The van der Waals surface area contributed by atoms with E-state index >= 15 is 0 Å². The Balaban J connectivity index is 2.24. The zero-order valence-electron chi connectivity index (χ0n) is 8.53. The normalized spacial score (nSPS) is 13.0. The van der Waals surface area contributed by atoms with Crippen LogP contribution in [0.2, 0.25) is 0 Å². The van der Waals surface area contributed by atoms with Gasteiger partial charge in [-0.15, -0.1) is 0 Å². The number of nitrogens with one attached hydrogen (secondary N) is 1. The van der Waals surface area contributed by atoms with Crippen LogP contribution in [-0.4, -0.2) is 19.3 Å². The number of rotatable bonds is 7. The summed E-state index contributed by atoms with van der Waals surface area (Å²) < 4.78 is 10.5. The molecule has 4 heteroatoms. The molecule has 0 aliphatic carbocycles. The van der Waals surface area contributed by atoms with E-state index in [9.17, 15) is 0 Å². The Morgan fingerprint density at radius 2 is 2.50 bits per heavy atom. The number of furan rings is 1. The zero-order valence-corrected chi connectivity index (χ0v) is 8.53. The van der Waals surface area contributed by atoms with E-state index in [4.69, 9.17) is 15.0 Å². The van der Waals surface area contributed by atoms with Gasteiger partial charge in [-0.2, -0.15) is 0 Å². The van der Waals surface area contributed by atoms with Crippen LogP contribution in [0.5, 0.6) is 0 Å². The van der Waals surface area contributed by atoms with E-state index in [0.717, 1.165) is 31.8 Å². The minimum atomic E-state index is 0.215. The molecule has 0 aliphatic rings. The predicted molar refractivity (Wildman–Crippen MR) is 54.6 cm³/mol. The molecule has 1 atom stereocenters. The second-order valence-electron chi connectivity index (χ2n) is 3.13. The molecule has 14 heavy (non-hydrogen) atoms. The van der Waals surface area contributed by atoms with E-state index in [1.807, 2.05) is 19.1 Å². The third kappa shape index (κ3) is 3.91. The monoisotopic (exact) mass is 198 g/mol. The fraction of sp³-hybridized carbons (Fsp3) is 0.600. The van der Waals surface area contributed by atoms with Crippen LogP contribution in [0.15, 0.2) is 22.8 Å². The molecule has 0 fully saturated rings. The molecule has 0 amide bonds. The van der Waals surface area contributed by atoms with Gasteiger partial charge in [-0.25, -0.2) is 0 Å². The summed E-state index contributed by atoms with van der Waals surface area (Å²) in [5, 5.41) is 0. The lowest BCUT2D eigenvalue weighted by Crippen LogP contribution is -2.37. The van der Waals surface area contributed by atoms with Crippen LogP contribution in [0.25, 0.3) is 0 Å². The molecule has 0 bridgehead atoms. The predicted octanol–water partition coefficient (Wildman–Crippen LogP) is 1.08. The topological polar surface area (TPSA) is 60.4 Å². The molecule has 0 aromatic carbocycles. The van der Waals surface area contributed by atoms with E-state index < -0.39 is 0 Å². The fourth-order valence-electron chi connectivity index (χ4n) is 1.29. The Bertz CT molecular complexity index is 224. The third-order valence-corrected chi connectivity index (χ3v) is 2.08. The first kappa shape index (κ1) is 11.2. The standard InChI is InChI=1S/C10H18N2O2/c1-2-13-7-5-9(12-11)8-10-4-3-6-14-10/h3-4,6,9,12H,2,5,7-8,11H2,1H3. The molecule has 0 spiro atoms. The van der Waals surface area contributed by atoms with Gasteiger partial charge in [0.25, 0.3) is 0 Å². The highest BCUT2D eigenvalue weighted by atomic mass is 16.5. The summed E-state index contributed by atoms with van der Waals surface area (Å²) in [6.07, 6.45) is 3.37. The van der Waals surface area contributed by atoms with E-state index in [1.165, 1.54) is 0 Å². The Hall–Kier alpha value is -0.840. The van der Waals surface area contributed by atoms with Crippen molar-refractivity contribution < 1.29 is 9.15 Å². The average Bonchev–Trinajstić information content (AvgIpc) is 2.69. The van der Waals surface area contributed by atoms with Gasteiger partial charge in [-0.3, -0.25) is 11.3 Å². The molecule has 0 saturated heterocycles.